The number of carbonyl (C=O) groups is 1. The van der Waals surface area contributed by atoms with Gasteiger partial charge in [-0.05, 0) is 30.2 Å². The molecule has 0 fully saturated rings. The molecule has 0 saturated heterocycles. The van der Waals surface area contributed by atoms with Crippen LogP contribution < -0.4 is 0 Å². The van der Waals surface area contributed by atoms with Crippen molar-refractivity contribution >= 4 is 28.4 Å². The Hall–Kier alpha value is -1.28. The van der Waals surface area contributed by atoms with Crippen LogP contribution in [0.25, 0.3) is 10.9 Å². The van der Waals surface area contributed by atoms with Crippen LogP contribution in [0.5, 0.6) is 0 Å². The highest BCUT2D eigenvalue weighted by atomic mass is 35.5. The summed E-state index contributed by atoms with van der Waals surface area (Å²) < 4.78 is 1.76. The van der Waals surface area contributed by atoms with E-state index in [0.717, 1.165) is 16.6 Å². The Bertz CT molecular complexity index is 554. The van der Waals surface area contributed by atoms with Gasteiger partial charge in [-0.2, -0.15) is 0 Å². The van der Waals surface area contributed by atoms with Crippen LogP contribution in [0.2, 0.25) is 5.02 Å². The van der Waals surface area contributed by atoms with Crippen LogP contribution in [0.15, 0.2) is 24.3 Å². The standard InChI is InChI=1S/C13H14ClNO/c1-8(2)13-7-10-6-11(14)4-5-12(10)15(13)9(3)16/h4-8H,1-3H3. The molecule has 0 aliphatic carbocycles. The number of hydrogen-bond acceptors (Lipinski definition) is 1. The van der Waals surface area contributed by atoms with Gasteiger partial charge in [0.05, 0.1) is 5.52 Å². The number of fused-ring (bicyclic) bond motifs is 1. The molecule has 1 heterocycles. The van der Waals surface area contributed by atoms with Gasteiger partial charge in [0.25, 0.3) is 0 Å². The van der Waals surface area contributed by atoms with Gasteiger partial charge in [0.15, 0.2) is 0 Å². The summed E-state index contributed by atoms with van der Waals surface area (Å²) in [6.07, 6.45) is 0. The highest BCUT2D eigenvalue weighted by Crippen LogP contribution is 2.27. The van der Waals surface area contributed by atoms with Crippen LogP contribution in [0, 0.1) is 0 Å². The molecular weight excluding hydrogens is 222 g/mol. The average Bonchev–Trinajstić information content (AvgIpc) is 2.55. The van der Waals surface area contributed by atoms with E-state index in [1.807, 2.05) is 24.3 Å². The molecule has 0 N–H and O–H groups in total. The van der Waals surface area contributed by atoms with E-state index in [-0.39, 0.29) is 5.91 Å². The van der Waals surface area contributed by atoms with E-state index in [9.17, 15) is 4.79 Å². The SMILES string of the molecule is CC(=O)n1c(C(C)C)cc2cc(Cl)ccc21. The lowest BCUT2D eigenvalue weighted by Crippen LogP contribution is -2.10. The fraction of sp³-hybridized carbons (Fsp3) is 0.308. The predicted molar refractivity (Wildman–Crippen MR) is 67.3 cm³/mol. The fourth-order valence-electron chi connectivity index (χ4n) is 1.98. The molecule has 16 heavy (non-hydrogen) atoms. The minimum absolute atomic E-state index is 0.0426. The second-order valence-electron chi connectivity index (χ2n) is 4.28. The maximum Gasteiger partial charge on any atom is 0.228 e. The quantitative estimate of drug-likeness (QED) is 0.730. The van der Waals surface area contributed by atoms with Crippen molar-refractivity contribution in [3.8, 4) is 0 Å². The molecule has 0 unspecified atom stereocenters. The van der Waals surface area contributed by atoms with Crippen LogP contribution in [-0.2, 0) is 0 Å². The topological polar surface area (TPSA) is 22.0 Å². The van der Waals surface area contributed by atoms with Crippen LogP contribution in [0.4, 0.5) is 0 Å². The number of halogens is 1. The second kappa shape index (κ2) is 3.95. The molecule has 0 spiro atoms. The Morgan fingerprint density at radius 3 is 2.56 bits per heavy atom. The van der Waals surface area contributed by atoms with E-state index in [1.165, 1.54) is 0 Å². The lowest BCUT2D eigenvalue weighted by atomic mass is 10.1. The normalized spacial score (nSPS) is 11.3. The maximum atomic E-state index is 11.7. The molecule has 0 amide bonds. The zero-order chi connectivity index (χ0) is 11.9. The predicted octanol–water partition coefficient (Wildman–Crippen LogP) is 4.08. The molecule has 1 aromatic heterocycles. The molecule has 3 heteroatoms. The van der Waals surface area contributed by atoms with E-state index < -0.39 is 0 Å². The maximum absolute atomic E-state index is 11.7. The first-order valence-corrected chi connectivity index (χ1v) is 5.70. The van der Waals surface area contributed by atoms with Crippen LogP contribution in [-0.4, -0.2) is 10.5 Å². The third kappa shape index (κ3) is 1.74. The minimum Gasteiger partial charge on any atom is -0.284 e. The average molecular weight is 236 g/mol. The molecule has 0 atom stereocenters. The molecule has 2 rings (SSSR count). The van der Waals surface area contributed by atoms with Crippen molar-refractivity contribution in [2.75, 3.05) is 0 Å². The van der Waals surface area contributed by atoms with Gasteiger partial charge in [-0.25, -0.2) is 0 Å². The lowest BCUT2D eigenvalue weighted by Gasteiger charge is -2.08. The third-order valence-corrected chi connectivity index (χ3v) is 2.93. The minimum atomic E-state index is 0.0426. The van der Waals surface area contributed by atoms with Gasteiger partial charge in [0, 0.05) is 23.0 Å². The van der Waals surface area contributed by atoms with Crippen LogP contribution in [0.1, 0.15) is 37.2 Å². The lowest BCUT2D eigenvalue weighted by molar-refractivity contribution is 0.0938. The van der Waals surface area contributed by atoms with Crippen molar-refractivity contribution in [2.45, 2.75) is 26.7 Å². The Labute approximate surface area is 99.8 Å². The number of aromatic nitrogens is 1. The van der Waals surface area contributed by atoms with Gasteiger partial charge in [-0.15, -0.1) is 0 Å². The highest BCUT2D eigenvalue weighted by Gasteiger charge is 2.14. The Morgan fingerprint density at radius 2 is 2.00 bits per heavy atom. The molecule has 2 nitrogen and oxygen atoms in total. The second-order valence-corrected chi connectivity index (χ2v) is 4.72. The zero-order valence-electron chi connectivity index (χ0n) is 9.62. The monoisotopic (exact) mass is 235 g/mol. The fourth-order valence-corrected chi connectivity index (χ4v) is 2.16. The summed E-state index contributed by atoms with van der Waals surface area (Å²) in [5, 5.41) is 1.72. The van der Waals surface area contributed by atoms with E-state index in [4.69, 9.17) is 11.6 Å². The van der Waals surface area contributed by atoms with E-state index >= 15 is 0 Å². The summed E-state index contributed by atoms with van der Waals surface area (Å²) in [6, 6.07) is 7.63. The van der Waals surface area contributed by atoms with Crippen LogP contribution >= 0.6 is 11.6 Å². The summed E-state index contributed by atoms with van der Waals surface area (Å²) in [5.74, 6) is 0.357. The number of carbonyl (C=O) groups excluding carboxylic acids is 1. The van der Waals surface area contributed by atoms with Gasteiger partial charge in [-0.3, -0.25) is 9.36 Å². The summed E-state index contributed by atoms with van der Waals surface area (Å²) in [6.45, 7) is 5.74. The number of nitrogens with zero attached hydrogens (tertiary/aromatic N) is 1. The molecule has 0 aliphatic rings. The molecule has 1 aromatic carbocycles. The van der Waals surface area contributed by atoms with Gasteiger partial charge in [-0.1, -0.05) is 25.4 Å². The first-order chi connectivity index (χ1) is 7.50. The first kappa shape index (κ1) is 11.2. The molecule has 2 aromatic rings. The summed E-state index contributed by atoms with van der Waals surface area (Å²) in [4.78, 5) is 11.7. The van der Waals surface area contributed by atoms with Crippen molar-refractivity contribution in [2.24, 2.45) is 0 Å². The van der Waals surface area contributed by atoms with E-state index in [0.29, 0.717) is 10.9 Å². The Balaban J connectivity index is 2.81. The van der Waals surface area contributed by atoms with Crippen LogP contribution in [0.3, 0.4) is 0 Å². The third-order valence-electron chi connectivity index (χ3n) is 2.70. The zero-order valence-corrected chi connectivity index (χ0v) is 10.4. The van der Waals surface area contributed by atoms with Gasteiger partial charge in [0.2, 0.25) is 5.91 Å². The van der Waals surface area contributed by atoms with Crippen molar-refractivity contribution in [1.29, 1.82) is 0 Å². The van der Waals surface area contributed by atoms with Crippen molar-refractivity contribution in [3.05, 3.63) is 35.0 Å². The van der Waals surface area contributed by atoms with E-state index in [2.05, 4.69) is 13.8 Å². The van der Waals surface area contributed by atoms with Crippen molar-refractivity contribution < 1.29 is 4.79 Å². The van der Waals surface area contributed by atoms with Gasteiger partial charge in [0.1, 0.15) is 0 Å². The molecule has 84 valence electrons. The van der Waals surface area contributed by atoms with Gasteiger partial charge < -0.3 is 0 Å². The largest absolute Gasteiger partial charge is 0.284 e. The smallest absolute Gasteiger partial charge is 0.228 e. The molecule has 0 aliphatic heterocycles. The highest BCUT2D eigenvalue weighted by molar-refractivity contribution is 6.31. The molecule has 0 radical (unpaired) electrons. The number of benzene rings is 1. The summed E-state index contributed by atoms with van der Waals surface area (Å²) in [5.41, 5.74) is 1.96. The van der Waals surface area contributed by atoms with Crippen molar-refractivity contribution in [3.63, 3.8) is 0 Å². The summed E-state index contributed by atoms with van der Waals surface area (Å²) in [7, 11) is 0. The number of hydrogen-bond donors (Lipinski definition) is 0. The van der Waals surface area contributed by atoms with Crippen molar-refractivity contribution in [1.82, 2.24) is 4.57 Å². The molecular formula is C13H14ClNO. The molecule has 0 saturated carbocycles. The van der Waals surface area contributed by atoms with E-state index in [1.54, 1.807) is 11.5 Å². The number of rotatable bonds is 1. The first-order valence-electron chi connectivity index (χ1n) is 5.32. The summed E-state index contributed by atoms with van der Waals surface area (Å²) >= 11 is 5.95. The Morgan fingerprint density at radius 1 is 1.31 bits per heavy atom. The molecule has 0 bridgehead atoms. The van der Waals surface area contributed by atoms with Gasteiger partial charge >= 0.3 is 0 Å². The Kier molecular flexibility index (Phi) is 2.76.